The smallest absolute Gasteiger partial charge is 0.234 e. The van der Waals surface area contributed by atoms with Gasteiger partial charge in [-0.1, -0.05) is 20.8 Å². The molecule has 10 nitrogen and oxygen atoms in total. The van der Waals surface area contributed by atoms with Gasteiger partial charge in [0.1, 0.15) is 18.0 Å². The lowest BCUT2D eigenvalue weighted by atomic mass is 10.1. The molecule has 2 saturated carbocycles. The van der Waals surface area contributed by atoms with Crippen molar-refractivity contribution in [2.75, 3.05) is 16.8 Å². The maximum absolute atomic E-state index is 13.2. The van der Waals surface area contributed by atoms with Crippen molar-refractivity contribution < 1.29 is 9.22 Å². The van der Waals surface area contributed by atoms with Gasteiger partial charge in [0.2, 0.25) is 11.7 Å². The van der Waals surface area contributed by atoms with E-state index >= 15 is 0 Å². The molecule has 1 saturated heterocycles. The first-order chi connectivity index (χ1) is 20.9. The molecule has 1 amide bonds. The van der Waals surface area contributed by atoms with Gasteiger partial charge in [-0.15, -0.1) is 0 Å². The van der Waals surface area contributed by atoms with Crippen LogP contribution in [0.25, 0.3) is 5.78 Å². The third kappa shape index (κ3) is 5.74. The van der Waals surface area contributed by atoms with Crippen molar-refractivity contribution in [3.8, 4) is 0 Å². The van der Waals surface area contributed by atoms with Crippen LogP contribution in [0.3, 0.4) is 0 Å². The van der Waals surface area contributed by atoms with Gasteiger partial charge in [0.15, 0.2) is 8.32 Å². The Labute approximate surface area is 259 Å². The average molecular weight is 611 g/mol. The van der Waals surface area contributed by atoms with Crippen molar-refractivity contribution in [2.24, 2.45) is 5.92 Å². The van der Waals surface area contributed by atoms with Crippen LogP contribution in [0.15, 0.2) is 49.3 Å². The SMILES string of the molecule is Cc1ccnc([C@@H]2C[C@H]2C(=O)Nc2cc(N3CC(O[Si](C)(C)C(C)(C)C)C[C@@H]3c3cn4cc(C5CC5)cnc4n3)ncn2)c1. The molecule has 4 atom stereocenters. The first kappa shape index (κ1) is 29.0. The Morgan fingerprint density at radius 2 is 1.86 bits per heavy atom. The van der Waals surface area contributed by atoms with E-state index in [0.717, 1.165) is 35.6 Å². The van der Waals surface area contributed by atoms with E-state index in [4.69, 9.17) is 9.41 Å². The Morgan fingerprint density at radius 3 is 2.61 bits per heavy atom. The highest BCUT2D eigenvalue weighted by Crippen LogP contribution is 2.47. The normalized spacial score (nSPS) is 23.7. The van der Waals surface area contributed by atoms with E-state index in [1.807, 2.05) is 31.5 Å². The molecule has 3 aliphatic rings. The number of carbonyl (C=O) groups is 1. The van der Waals surface area contributed by atoms with Crippen LogP contribution >= 0.6 is 0 Å². The summed E-state index contributed by atoms with van der Waals surface area (Å²) in [5.74, 6) is 2.59. The molecular formula is C33H42N8O2Si. The van der Waals surface area contributed by atoms with E-state index in [9.17, 15) is 4.79 Å². The molecule has 0 radical (unpaired) electrons. The van der Waals surface area contributed by atoms with E-state index in [1.54, 1.807) is 0 Å². The zero-order valence-electron chi connectivity index (χ0n) is 26.5. The van der Waals surface area contributed by atoms with Crippen molar-refractivity contribution >= 4 is 31.6 Å². The minimum atomic E-state index is -2.01. The molecule has 1 aliphatic heterocycles. The Kier molecular flexibility index (Phi) is 7.08. The van der Waals surface area contributed by atoms with Gasteiger partial charge in [0.25, 0.3) is 0 Å². The maximum Gasteiger partial charge on any atom is 0.234 e. The van der Waals surface area contributed by atoms with E-state index in [1.165, 1.54) is 24.7 Å². The maximum atomic E-state index is 13.2. The number of aromatic nitrogens is 6. The molecule has 230 valence electrons. The highest BCUT2D eigenvalue weighted by atomic mass is 28.4. The number of hydrogen-bond donors (Lipinski definition) is 1. The Morgan fingerprint density at radius 1 is 1.05 bits per heavy atom. The van der Waals surface area contributed by atoms with Crippen LogP contribution in [0.4, 0.5) is 11.6 Å². The number of anilines is 2. The number of fused-ring (bicyclic) bond motifs is 1. The molecular weight excluding hydrogens is 569 g/mol. The lowest BCUT2D eigenvalue weighted by Crippen LogP contribution is -2.44. The Balaban J connectivity index is 1.14. The zero-order chi connectivity index (χ0) is 30.8. The van der Waals surface area contributed by atoms with Gasteiger partial charge >= 0.3 is 0 Å². The van der Waals surface area contributed by atoms with E-state index in [-0.39, 0.29) is 34.9 Å². The summed E-state index contributed by atoms with van der Waals surface area (Å²) in [5.41, 5.74) is 4.35. The molecule has 0 bridgehead atoms. The zero-order valence-corrected chi connectivity index (χ0v) is 27.5. The molecule has 4 aromatic heterocycles. The summed E-state index contributed by atoms with van der Waals surface area (Å²) in [4.78, 5) is 38.7. The summed E-state index contributed by atoms with van der Waals surface area (Å²) in [6, 6.07) is 5.87. The van der Waals surface area contributed by atoms with Crippen molar-refractivity contribution in [3.05, 3.63) is 71.8 Å². The van der Waals surface area contributed by atoms with Crippen molar-refractivity contribution in [2.45, 2.75) is 95.5 Å². The molecule has 2 aliphatic carbocycles. The van der Waals surface area contributed by atoms with E-state index < -0.39 is 8.32 Å². The number of aryl methyl sites for hydroxylation is 1. The topological polar surface area (TPSA) is 110 Å². The summed E-state index contributed by atoms with van der Waals surface area (Å²) >= 11 is 0. The third-order valence-electron chi connectivity index (χ3n) is 9.91. The minimum Gasteiger partial charge on any atom is -0.412 e. The lowest BCUT2D eigenvalue weighted by molar-refractivity contribution is -0.117. The van der Waals surface area contributed by atoms with Gasteiger partial charge in [-0.3, -0.25) is 14.2 Å². The molecule has 4 aromatic rings. The predicted octanol–water partition coefficient (Wildman–Crippen LogP) is 6.18. The highest BCUT2D eigenvalue weighted by Gasteiger charge is 2.46. The number of nitrogens with zero attached hydrogens (tertiary/aromatic N) is 7. The fourth-order valence-corrected chi connectivity index (χ4v) is 7.44. The van der Waals surface area contributed by atoms with Gasteiger partial charge in [-0.05, 0) is 73.5 Å². The standard InChI is InChI=1S/C33H42N8O2Si/c1-20-9-10-34-26(11-20)24-13-25(24)31(42)39-29-14-30(37-19-36-29)41-17-23(43-44(5,6)33(2,3)4)12-28(41)27-18-40-16-22(21-7-8-21)15-35-32(40)38-27/h9-11,14-16,18-19,21,23-25,28H,7-8,12-13,17H2,1-6H3,(H,36,37,39,42)/t23?,24-,25-,28-/m1/s1. The largest absolute Gasteiger partial charge is 0.412 e. The molecule has 7 rings (SSSR count). The van der Waals surface area contributed by atoms with Crippen LogP contribution in [0.5, 0.6) is 0 Å². The van der Waals surface area contributed by atoms with Gasteiger partial charge < -0.3 is 14.6 Å². The average Bonchev–Trinajstić information content (AvgIpc) is 3.89. The van der Waals surface area contributed by atoms with Crippen LogP contribution in [-0.4, -0.2) is 56.2 Å². The summed E-state index contributed by atoms with van der Waals surface area (Å²) in [6.45, 7) is 14.1. The van der Waals surface area contributed by atoms with Crippen molar-refractivity contribution in [3.63, 3.8) is 0 Å². The van der Waals surface area contributed by atoms with Crippen LogP contribution in [0.2, 0.25) is 18.1 Å². The predicted molar refractivity (Wildman–Crippen MR) is 172 cm³/mol. The van der Waals surface area contributed by atoms with Crippen LogP contribution in [0.1, 0.15) is 86.8 Å². The first-order valence-corrected chi connectivity index (χ1v) is 18.7. The molecule has 5 heterocycles. The highest BCUT2D eigenvalue weighted by molar-refractivity contribution is 6.74. The number of imidazole rings is 1. The van der Waals surface area contributed by atoms with Gasteiger partial charge in [0, 0.05) is 61.3 Å². The number of amides is 1. The van der Waals surface area contributed by atoms with Crippen LogP contribution in [-0.2, 0) is 9.22 Å². The number of hydrogen-bond acceptors (Lipinski definition) is 8. The summed E-state index contributed by atoms with van der Waals surface area (Å²) < 4.78 is 8.98. The Bertz CT molecular complexity index is 1710. The van der Waals surface area contributed by atoms with Crippen LogP contribution in [0, 0.1) is 12.8 Å². The fraction of sp³-hybridized carbons (Fsp3) is 0.515. The quantitative estimate of drug-likeness (QED) is 0.235. The fourth-order valence-electron chi connectivity index (χ4n) is 6.08. The molecule has 44 heavy (non-hydrogen) atoms. The van der Waals surface area contributed by atoms with E-state index in [2.05, 4.69) is 86.9 Å². The molecule has 1 N–H and O–H groups in total. The second-order valence-corrected chi connectivity index (χ2v) is 19.2. The van der Waals surface area contributed by atoms with Gasteiger partial charge in [-0.25, -0.2) is 19.9 Å². The summed E-state index contributed by atoms with van der Waals surface area (Å²) in [7, 11) is -2.01. The third-order valence-corrected chi connectivity index (χ3v) is 14.4. The molecule has 0 aromatic carbocycles. The Hall–Kier alpha value is -3.70. The van der Waals surface area contributed by atoms with Gasteiger partial charge in [-0.2, -0.15) is 0 Å². The molecule has 3 fully saturated rings. The number of nitrogens with one attached hydrogen (secondary N) is 1. The second-order valence-electron chi connectivity index (χ2n) is 14.4. The number of pyridine rings is 1. The number of rotatable bonds is 8. The van der Waals surface area contributed by atoms with E-state index in [0.29, 0.717) is 24.1 Å². The monoisotopic (exact) mass is 610 g/mol. The van der Waals surface area contributed by atoms with Gasteiger partial charge in [0.05, 0.1) is 17.8 Å². The molecule has 0 spiro atoms. The number of carbonyl (C=O) groups excluding carboxylic acids is 1. The minimum absolute atomic E-state index is 0.0297. The van der Waals surface area contributed by atoms with Crippen molar-refractivity contribution in [1.29, 1.82) is 0 Å². The molecule has 1 unspecified atom stereocenters. The van der Waals surface area contributed by atoms with Crippen molar-refractivity contribution in [1.82, 2.24) is 29.3 Å². The first-order valence-electron chi connectivity index (χ1n) is 15.8. The second kappa shape index (κ2) is 10.7. The summed E-state index contributed by atoms with van der Waals surface area (Å²) in [5, 5.41) is 3.15. The van der Waals surface area contributed by atoms with Crippen LogP contribution < -0.4 is 10.2 Å². The summed E-state index contributed by atoms with van der Waals surface area (Å²) in [6.07, 6.45) is 13.7. The lowest BCUT2D eigenvalue weighted by Gasteiger charge is -2.38. The molecule has 11 heteroatoms.